The fraction of sp³-hybridized carbons (Fsp3) is 0.462. The van der Waals surface area contributed by atoms with Gasteiger partial charge in [-0.2, -0.15) is 0 Å². The van der Waals surface area contributed by atoms with Crippen LogP contribution < -0.4 is 0 Å². The maximum absolute atomic E-state index is 12.1. The maximum Gasteiger partial charge on any atom is 0.227 e. The minimum Gasteiger partial charge on any atom is -0.395 e. The molecule has 0 spiro atoms. The van der Waals surface area contributed by atoms with Crippen LogP contribution in [0.25, 0.3) is 0 Å². The molecule has 0 saturated heterocycles. The number of aliphatic hydroxyl groups is 1. The zero-order valence-electron chi connectivity index (χ0n) is 10.7. The van der Waals surface area contributed by atoms with Crippen molar-refractivity contribution in [3.63, 3.8) is 0 Å². The smallest absolute Gasteiger partial charge is 0.227 e. The fourth-order valence-electron chi connectivity index (χ4n) is 1.62. The average molecular weight is 306 g/mol. The first-order valence-electron chi connectivity index (χ1n) is 5.90. The molecule has 0 aliphatic heterocycles. The molecule has 0 atom stereocenters. The van der Waals surface area contributed by atoms with Crippen molar-refractivity contribution in [2.45, 2.75) is 6.42 Å². The van der Waals surface area contributed by atoms with Gasteiger partial charge in [0.1, 0.15) is 0 Å². The third-order valence-corrected chi connectivity index (χ3v) is 3.23. The van der Waals surface area contributed by atoms with Gasteiger partial charge in [0.05, 0.1) is 19.6 Å². The number of amides is 1. The van der Waals surface area contributed by atoms with Gasteiger partial charge in [0.25, 0.3) is 0 Å². The lowest BCUT2D eigenvalue weighted by Gasteiger charge is -2.21. The summed E-state index contributed by atoms with van der Waals surface area (Å²) in [6.45, 7) is 1.08. The molecule has 1 N–H and O–H groups in total. The van der Waals surface area contributed by atoms with Gasteiger partial charge in [-0.05, 0) is 17.7 Å². The van der Waals surface area contributed by atoms with Crippen LogP contribution in [0, 0.1) is 0 Å². The molecule has 1 aromatic carbocycles. The highest BCUT2D eigenvalue weighted by molar-refractivity contribution is 6.35. The van der Waals surface area contributed by atoms with Crippen molar-refractivity contribution in [3.8, 4) is 0 Å². The molecule has 0 aromatic heterocycles. The van der Waals surface area contributed by atoms with Gasteiger partial charge in [-0.25, -0.2) is 0 Å². The maximum atomic E-state index is 12.1. The highest BCUT2D eigenvalue weighted by Gasteiger charge is 2.15. The molecule has 1 aromatic rings. The van der Waals surface area contributed by atoms with Crippen molar-refractivity contribution in [3.05, 3.63) is 33.8 Å². The fourth-order valence-corrected chi connectivity index (χ4v) is 2.10. The molecule has 1 rings (SSSR count). The standard InChI is InChI=1S/C13H17Cl2NO3/c1-19-7-5-16(4-6-17)13(18)8-10-2-3-11(14)9-12(10)15/h2-3,9,17H,4-8H2,1H3. The lowest BCUT2D eigenvalue weighted by molar-refractivity contribution is -0.131. The van der Waals surface area contributed by atoms with E-state index in [1.54, 1.807) is 30.2 Å². The third-order valence-electron chi connectivity index (χ3n) is 2.64. The van der Waals surface area contributed by atoms with Crippen LogP contribution >= 0.6 is 23.2 Å². The number of methoxy groups -OCH3 is 1. The van der Waals surface area contributed by atoms with E-state index >= 15 is 0 Å². The van der Waals surface area contributed by atoms with Crippen molar-refractivity contribution in [1.29, 1.82) is 0 Å². The van der Waals surface area contributed by atoms with Gasteiger partial charge >= 0.3 is 0 Å². The molecule has 0 radical (unpaired) electrons. The Hall–Kier alpha value is -0.810. The van der Waals surface area contributed by atoms with Crippen LogP contribution in [-0.4, -0.2) is 49.3 Å². The van der Waals surface area contributed by atoms with Gasteiger partial charge in [-0.3, -0.25) is 4.79 Å². The van der Waals surface area contributed by atoms with E-state index in [2.05, 4.69) is 0 Å². The van der Waals surface area contributed by atoms with Gasteiger partial charge in [0.2, 0.25) is 5.91 Å². The van der Waals surface area contributed by atoms with Gasteiger partial charge in [-0.1, -0.05) is 29.3 Å². The summed E-state index contributed by atoms with van der Waals surface area (Å²) in [4.78, 5) is 13.7. The second-order valence-electron chi connectivity index (χ2n) is 4.01. The molecule has 1 amide bonds. The molecule has 0 fully saturated rings. The number of hydrogen-bond acceptors (Lipinski definition) is 3. The molecule has 106 valence electrons. The Kier molecular flexibility index (Phi) is 7.16. The van der Waals surface area contributed by atoms with E-state index < -0.39 is 0 Å². The van der Waals surface area contributed by atoms with E-state index in [0.717, 1.165) is 5.56 Å². The number of nitrogens with zero attached hydrogens (tertiary/aromatic N) is 1. The Morgan fingerprint density at radius 2 is 2.11 bits per heavy atom. The lowest BCUT2D eigenvalue weighted by Crippen LogP contribution is -2.37. The van der Waals surface area contributed by atoms with E-state index in [4.69, 9.17) is 33.0 Å². The van der Waals surface area contributed by atoms with Crippen LogP contribution in [0.15, 0.2) is 18.2 Å². The number of halogens is 2. The molecule has 0 unspecified atom stereocenters. The Bertz CT molecular complexity index is 426. The molecule has 0 aliphatic rings. The Morgan fingerprint density at radius 1 is 1.37 bits per heavy atom. The zero-order chi connectivity index (χ0) is 14.3. The second-order valence-corrected chi connectivity index (χ2v) is 4.85. The quantitative estimate of drug-likeness (QED) is 0.838. The van der Waals surface area contributed by atoms with Gasteiger partial charge in [-0.15, -0.1) is 0 Å². The topological polar surface area (TPSA) is 49.8 Å². The lowest BCUT2D eigenvalue weighted by atomic mass is 10.1. The van der Waals surface area contributed by atoms with Crippen molar-refractivity contribution >= 4 is 29.1 Å². The summed E-state index contributed by atoms with van der Waals surface area (Å²) in [5, 5.41) is 9.97. The third kappa shape index (κ3) is 5.37. The van der Waals surface area contributed by atoms with Crippen molar-refractivity contribution in [2.75, 3.05) is 33.4 Å². The van der Waals surface area contributed by atoms with Gasteiger partial charge in [0.15, 0.2) is 0 Å². The first kappa shape index (κ1) is 16.2. The minimum absolute atomic E-state index is 0.0796. The van der Waals surface area contributed by atoms with E-state index in [1.807, 2.05) is 0 Å². The molecule has 0 bridgehead atoms. The Labute approximate surface area is 122 Å². The van der Waals surface area contributed by atoms with Crippen molar-refractivity contribution in [1.82, 2.24) is 4.90 Å². The van der Waals surface area contributed by atoms with E-state index in [9.17, 15) is 4.79 Å². The summed E-state index contributed by atoms with van der Waals surface area (Å²) in [7, 11) is 1.57. The second kappa shape index (κ2) is 8.38. The Balaban J connectivity index is 2.69. The number of hydrogen-bond donors (Lipinski definition) is 1. The summed E-state index contributed by atoms with van der Waals surface area (Å²) in [5.41, 5.74) is 0.719. The highest BCUT2D eigenvalue weighted by atomic mass is 35.5. The summed E-state index contributed by atoms with van der Waals surface area (Å²) in [6.07, 6.45) is 0.180. The first-order chi connectivity index (χ1) is 9.08. The SMILES string of the molecule is COCCN(CCO)C(=O)Cc1ccc(Cl)cc1Cl. The molecule has 0 saturated carbocycles. The van der Waals surface area contributed by atoms with E-state index in [0.29, 0.717) is 23.2 Å². The molecular weight excluding hydrogens is 289 g/mol. The number of carbonyl (C=O) groups is 1. The van der Waals surface area contributed by atoms with Gasteiger partial charge < -0.3 is 14.7 Å². The van der Waals surface area contributed by atoms with Crippen LogP contribution in [0.3, 0.4) is 0 Å². The first-order valence-corrected chi connectivity index (χ1v) is 6.65. The number of benzene rings is 1. The summed E-state index contributed by atoms with van der Waals surface area (Å²) in [6, 6.07) is 5.04. The number of rotatable bonds is 7. The summed E-state index contributed by atoms with van der Waals surface area (Å²) < 4.78 is 4.94. The van der Waals surface area contributed by atoms with Crippen molar-refractivity contribution in [2.24, 2.45) is 0 Å². The van der Waals surface area contributed by atoms with Gasteiger partial charge in [0, 0.05) is 30.2 Å². The predicted octanol–water partition coefficient (Wildman–Crippen LogP) is 2.00. The molecule has 6 heteroatoms. The molecule has 0 aliphatic carbocycles. The van der Waals surface area contributed by atoms with Crippen molar-refractivity contribution < 1.29 is 14.6 Å². The Morgan fingerprint density at radius 3 is 2.68 bits per heavy atom. The number of aliphatic hydroxyl groups excluding tert-OH is 1. The van der Waals surface area contributed by atoms with E-state index in [-0.39, 0.29) is 25.5 Å². The minimum atomic E-state index is -0.102. The molecule has 4 nitrogen and oxygen atoms in total. The molecule has 19 heavy (non-hydrogen) atoms. The zero-order valence-corrected chi connectivity index (χ0v) is 12.2. The largest absolute Gasteiger partial charge is 0.395 e. The molecule has 0 heterocycles. The van der Waals surface area contributed by atoms with Crippen LogP contribution in [-0.2, 0) is 16.0 Å². The summed E-state index contributed by atoms with van der Waals surface area (Å²) >= 11 is 11.8. The van der Waals surface area contributed by atoms with Crippen LogP contribution in [0.2, 0.25) is 10.0 Å². The number of carbonyl (C=O) groups excluding carboxylic acids is 1. The van der Waals surface area contributed by atoms with Crippen LogP contribution in [0.4, 0.5) is 0 Å². The van der Waals surface area contributed by atoms with Crippen LogP contribution in [0.5, 0.6) is 0 Å². The normalized spacial score (nSPS) is 10.5. The van der Waals surface area contributed by atoms with E-state index in [1.165, 1.54) is 0 Å². The summed E-state index contributed by atoms with van der Waals surface area (Å²) in [5.74, 6) is -0.102. The monoisotopic (exact) mass is 305 g/mol. The number of ether oxygens (including phenoxy) is 1. The van der Waals surface area contributed by atoms with Crippen LogP contribution in [0.1, 0.15) is 5.56 Å². The average Bonchev–Trinajstić information content (AvgIpc) is 2.37. The predicted molar refractivity (Wildman–Crippen MR) is 75.7 cm³/mol. The molecular formula is C13H17Cl2NO3. The highest BCUT2D eigenvalue weighted by Crippen LogP contribution is 2.21.